The van der Waals surface area contributed by atoms with E-state index in [0.29, 0.717) is 0 Å². The van der Waals surface area contributed by atoms with Crippen LogP contribution in [0.1, 0.15) is 33.6 Å². The highest BCUT2D eigenvalue weighted by molar-refractivity contribution is 5.98. The van der Waals surface area contributed by atoms with Crippen LogP contribution in [0.25, 0.3) is 21.5 Å². The predicted octanol–water partition coefficient (Wildman–Crippen LogP) is 6.60. The molecule has 0 spiro atoms. The van der Waals surface area contributed by atoms with E-state index in [1.165, 1.54) is 33.2 Å². The van der Waals surface area contributed by atoms with E-state index in [9.17, 15) is 4.79 Å². The monoisotopic (exact) mass is 400 g/mol. The number of carbonyl (C=O) groups is 1. The Morgan fingerprint density at radius 1 is 1.03 bits per heavy atom. The lowest BCUT2D eigenvalue weighted by Gasteiger charge is -2.38. The first kappa shape index (κ1) is 20.2. The van der Waals surface area contributed by atoms with Crippen molar-refractivity contribution in [3.05, 3.63) is 78.9 Å². The molecule has 2 atom stereocenters. The van der Waals surface area contributed by atoms with Gasteiger partial charge in [0.2, 0.25) is 0 Å². The number of rotatable bonds is 5. The molecule has 2 unspecified atom stereocenters. The number of fused-ring (bicyclic) bond motifs is 2. The van der Waals surface area contributed by atoms with Crippen LogP contribution in [0.15, 0.2) is 78.9 Å². The lowest BCUT2D eigenvalue weighted by molar-refractivity contribution is -0.156. The van der Waals surface area contributed by atoms with E-state index in [0.717, 1.165) is 18.6 Å². The van der Waals surface area contributed by atoms with E-state index in [1.54, 1.807) is 0 Å². The van der Waals surface area contributed by atoms with Gasteiger partial charge in [0.1, 0.15) is 17.5 Å². The van der Waals surface area contributed by atoms with Gasteiger partial charge in [0.15, 0.2) is 0 Å². The third-order valence-electron chi connectivity index (χ3n) is 6.20. The van der Waals surface area contributed by atoms with Gasteiger partial charge in [-0.25, -0.2) is 4.79 Å². The maximum Gasteiger partial charge on any atom is 0.330 e. The summed E-state index contributed by atoms with van der Waals surface area (Å²) in [6, 6.07) is 19.1. The molecule has 0 bridgehead atoms. The molecule has 0 saturated carbocycles. The highest BCUT2D eigenvalue weighted by Gasteiger charge is 2.37. The quantitative estimate of drug-likeness (QED) is 0.209. The summed E-state index contributed by atoms with van der Waals surface area (Å²) in [5, 5.41) is 4.83. The summed E-state index contributed by atoms with van der Waals surface area (Å²) < 4.78 is 12.0. The summed E-state index contributed by atoms with van der Waals surface area (Å²) in [4.78, 5) is 11.7. The number of ether oxygens (including phenoxy) is 2. The maximum atomic E-state index is 11.7. The van der Waals surface area contributed by atoms with E-state index < -0.39 is 5.60 Å². The highest BCUT2D eigenvalue weighted by atomic mass is 16.6. The van der Waals surface area contributed by atoms with E-state index in [1.807, 2.05) is 19.9 Å². The average Bonchev–Trinajstić information content (AvgIpc) is 2.73. The van der Waals surface area contributed by atoms with Crippen LogP contribution in [0.3, 0.4) is 0 Å². The van der Waals surface area contributed by atoms with Crippen molar-refractivity contribution >= 4 is 27.5 Å². The van der Waals surface area contributed by atoms with Crippen LogP contribution < -0.4 is 4.74 Å². The Bertz CT molecular complexity index is 1140. The van der Waals surface area contributed by atoms with Crippen LogP contribution in [0.2, 0.25) is 0 Å². The van der Waals surface area contributed by atoms with Crippen LogP contribution in [-0.2, 0) is 9.53 Å². The second kappa shape index (κ2) is 7.98. The minimum absolute atomic E-state index is 0.0386. The first-order chi connectivity index (χ1) is 14.4. The SMILES string of the molecule is C=CC(=O)OC(C)(C)C1CC=C(C)C(Oc2ccc3cc4ccccc4cc3c2)C1. The predicted molar refractivity (Wildman–Crippen MR) is 123 cm³/mol. The highest BCUT2D eigenvalue weighted by Crippen LogP contribution is 2.37. The molecule has 0 heterocycles. The third-order valence-corrected chi connectivity index (χ3v) is 6.20. The zero-order valence-electron chi connectivity index (χ0n) is 17.9. The summed E-state index contributed by atoms with van der Waals surface area (Å²) in [7, 11) is 0. The first-order valence-electron chi connectivity index (χ1n) is 10.5. The Hall–Kier alpha value is -3.07. The molecule has 3 heteroatoms. The van der Waals surface area contributed by atoms with Crippen LogP contribution in [0, 0.1) is 5.92 Å². The molecular formula is C27H28O3. The van der Waals surface area contributed by atoms with E-state index in [2.05, 4.69) is 68.1 Å². The minimum Gasteiger partial charge on any atom is -0.486 e. The Balaban J connectivity index is 1.56. The summed E-state index contributed by atoms with van der Waals surface area (Å²) in [6.45, 7) is 9.54. The molecule has 154 valence electrons. The Morgan fingerprint density at radius 2 is 1.70 bits per heavy atom. The molecule has 0 amide bonds. The smallest absolute Gasteiger partial charge is 0.330 e. The van der Waals surface area contributed by atoms with Crippen molar-refractivity contribution in [3.8, 4) is 5.75 Å². The molecule has 0 aromatic heterocycles. The van der Waals surface area contributed by atoms with Gasteiger partial charge in [-0.3, -0.25) is 0 Å². The zero-order valence-corrected chi connectivity index (χ0v) is 17.9. The van der Waals surface area contributed by atoms with Gasteiger partial charge >= 0.3 is 5.97 Å². The fourth-order valence-corrected chi connectivity index (χ4v) is 4.25. The molecule has 3 aromatic carbocycles. The third kappa shape index (κ3) is 4.11. The lowest BCUT2D eigenvalue weighted by atomic mass is 9.78. The normalized spacial score (nSPS) is 19.4. The van der Waals surface area contributed by atoms with Gasteiger partial charge in [0.25, 0.3) is 0 Å². The molecule has 0 radical (unpaired) electrons. The maximum absolute atomic E-state index is 11.7. The van der Waals surface area contributed by atoms with Crippen LogP contribution >= 0.6 is 0 Å². The number of benzene rings is 3. The average molecular weight is 401 g/mol. The Morgan fingerprint density at radius 3 is 2.40 bits per heavy atom. The van der Waals surface area contributed by atoms with Crippen molar-refractivity contribution in [1.29, 1.82) is 0 Å². The van der Waals surface area contributed by atoms with Crippen molar-refractivity contribution in [2.24, 2.45) is 5.92 Å². The summed E-state index contributed by atoms with van der Waals surface area (Å²) >= 11 is 0. The van der Waals surface area contributed by atoms with Gasteiger partial charge in [0.05, 0.1) is 0 Å². The molecule has 0 N–H and O–H groups in total. The molecular weight excluding hydrogens is 372 g/mol. The first-order valence-corrected chi connectivity index (χ1v) is 10.5. The van der Waals surface area contributed by atoms with Gasteiger partial charge < -0.3 is 9.47 Å². The molecule has 30 heavy (non-hydrogen) atoms. The van der Waals surface area contributed by atoms with Gasteiger partial charge in [-0.1, -0.05) is 43.0 Å². The summed E-state index contributed by atoms with van der Waals surface area (Å²) in [5.41, 5.74) is 0.641. The fourth-order valence-electron chi connectivity index (χ4n) is 4.25. The second-order valence-corrected chi connectivity index (χ2v) is 8.66. The molecule has 1 aliphatic carbocycles. The Labute approximate surface area is 178 Å². The van der Waals surface area contributed by atoms with Crippen molar-refractivity contribution in [2.75, 3.05) is 0 Å². The molecule has 3 aromatic rings. The topological polar surface area (TPSA) is 35.5 Å². The number of hydrogen-bond acceptors (Lipinski definition) is 3. The lowest BCUT2D eigenvalue weighted by Crippen LogP contribution is -2.41. The van der Waals surface area contributed by atoms with Crippen LogP contribution in [-0.4, -0.2) is 17.7 Å². The summed E-state index contributed by atoms with van der Waals surface area (Å²) in [5.74, 6) is 0.655. The molecule has 4 rings (SSSR count). The molecule has 0 saturated heterocycles. The number of esters is 1. The second-order valence-electron chi connectivity index (χ2n) is 8.66. The van der Waals surface area contributed by atoms with E-state index >= 15 is 0 Å². The van der Waals surface area contributed by atoms with Gasteiger partial charge in [-0.2, -0.15) is 0 Å². The van der Waals surface area contributed by atoms with E-state index in [4.69, 9.17) is 9.47 Å². The summed E-state index contributed by atoms with van der Waals surface area (Å²) in [6.07, 6.45) is 5.06. The van der Waals surface area contributed by atoms with Crippen LogP contribution in [0.5, 0.6) is 5.75 Å². The van der Waals surface area contributed by atoms with Gasteiger partial charge in [0, 0.05) is 12.0 Å². The zero-order chi connectivity index (χ0) is 21.3. The standard InChI is InChI=1S/C27H28O3/c1-5-26(28)30-27(3,4)23-12-10-18(2)25(17-23)29-24-13-11-21-14-19-8-6-7-9-20(19)15-22(21)16-24/h5-11,13-16,23,25H,1,12,17H2,2-4H3. The van der Waals surface area contributed by atoms with Crippen molar-refractivity contribution in [2.45, 2.75) is 45.3 Å². The largest absolute Gasteiger partial charge is 0.486 e. The number of carbonyl (C=O) groups excluding carboxylic acids is 1. The van der Waals surface area contributed by atoms with Crippen molar-refractivity contribution in [3.63, 3.8) is 0 Å². The van der Waals surface area contributed by atoms with Crippen LogP contribution in [0.4, 0.5) is 0 Å². The van der Waals surface area contributed by atoms with Crippen molar-refractivity contribution in [1.82, 2.24) is 0 Å². The molecule has 3 nitrogen and oxygen atoms in total. The molecule has 0 aliphatic heterocycles. The minimum atomic E-state index is -0.577. The fraction of sp³-hybridized carbons (Fsp3) is 0.296. The van der Waals surface area contributed by atoms with Gasteiger partial charge in [-0.05, 0) is 85.0 Å². The number of hydrogen-bond donors (Lipinski definition) is 0. The van der Waals surface area contributed by atoms with E-state index in [-0.39, 0.29) is 18.0 Å². The molecule has 1 aliphatic rings. The number of allylic oxidation sites excluding steroid dienone is 1. The molecule has 0 fully saturated rings. The van der Waals surface area contributed by atoms with Crippen molar-refractivity contribution < 1.29 is 14.3 Å². The Kier molecular flexibility index (Phi) is 5.38. The van der Waals surface area contributed by atoms with Gasteiger partial charge in [-0.15, -0.1) is 0 Å².